The van der Waals surface area contributed by atoms with Crippen molar-refractivity contribution in [3.63, 3.8) is 0 Å². The molecule has 0 bridgehead atoms. The van der Waals surface area contributed by atoms with Crippen LogP contribution < -0.4 is 5.32 Å². The molecule has 0 unspecified atom stereocenters. The fourth-order valence-corrected chi connectivity index (χ4v) is 3.33. The van der Waals surface area contributed by atoms with Crippen LogP contribution in [0.15, 0.2) is 71.2 Å². The van der Waals surface area contributed by atoms with E-state index in [0.717, 1.165) is 20.8 Å². The predicted octanol–water partition coefficient (Wildman–Crippen LogP) is 4.12. The molecule has 0 aliphatic rings. The van der Waals surface area contributed by atoms with Gasteiger partial charge in [0.05, 0.1) is 7.11 Å². The maximum absolute atomic E-state index is 12.8. The first-order valence-corrected chi connectivity index (χ1v) is 8.99. The maximum Gasteiger partial charge on any atom is 0.328 e. The van der Waals surface area contributed by atoms with Crippen LogP contribution in [0.3, 0.4) is 0 Å². The van der Waals surface area contributed by atoms with Gasteiger partial charge in [0.2, 0.25) is 0 Å². The first-order valence-electron chi connectivity index (χ1n) is 8.20. The summed E-state index contributed by atoms with van der Waals surface area (Å²) in [5, 5.41) is 4.63. The quantitative estimate of drug-likeness (QED) is 0.642. The standard InChI is InChI=1S/C21H18BrNO3/c1-26-21(25)19(13-15-8-3-5-12-18(15)22)23-20(24)17-11-6-9-14-7-2-4-10-16(14)17/h2-12,19H,13H2,1H3,(H,23,24)/t19-/m1/s1. The Morgan fingerprint density at radius 3 is 2.46 bits per heavy atom. The summed E-state index contributed by atoms with van der Waals surface area (Å²) in [5.74, 6) is -0.779. The number of carbonyl (C=O) groups is 2. The summed E-state index contributed by atoms with van der Waals surface area (Å²) in [4.78, 5) is 25.0. The van der Waals surface area contributed by atoms with Crippen molar-refractivity contribution in [2.45, 2.75) is 12.5 Å². The minimum absolute atomic E-state index is 0.302. The van der Waals surface area contributed by atoms with E-state index >= 15 is 0 Å². The predicted molar refractivity (Wildman–Crippen MR) is 105 cm³/mol. The van der Waals surface area contributed by atoms with Gasteiger partial charge in [0.1, 0.15) is 6.04 Å². The fraction of sp³-hybridized carbons (Fsp3) is 0.143. The molecular formula is C21H18BrNO3. The van der Waals surface area contributed by atoms with E-state index in [2.05, 4.69) is 21.2 Å². The first kappa shape index (κ1) is 18.1. The molecule has 0 saturated carbocycles. The Morgan fingerprint density at radius 2 is 1.69 bits per heavy atom. The van der Waals surface area contributed by atoms with E-state index in [-0.39, 0.29) is 5.91 Å². The molecule has 0 fully saturated rings. The number of rotatable bonds is 5. The molecule has 0 heterocycles. The molecular weight excluding hydrogens is 394 g/mol. The largest absolute Gasteiger partial charge is 0.467 e. The summed E-state index contributed by atoms with van der Waals surface area (Å²) < 4.78 is 5.76. The Hall–Kier alpha value is -2.66. The molecule has 26 heavy (non-hydrogen) atoms. The number of halogens is 1. The van der Waals surface area contributed by atoms with Gasteiger partial charge in [-0.3, -0.25) is 4.79 Å². The summed E-state index contributed by atoms with van der Waals surface area (Å²) in [6.07, 6.45) is 0.338. The van der Waals surface area contributed by atoms with Crippen molar-refractivity contribution in [2.24, 2.45) is 0 Å². The van der Waals surface area contributed by atoms with Crippen LogP contribution >= 0.6 is 15.9 Å². The molecule has 1 amide bonds. The molecule has 1 N–H and O–H groups in total. The van der Waals surface area contributed by atoms with Crippen molar-refractivity contribution < 1.29 is 14.3 Å². The Bertz CT molecular complexity index is 949. The molecule has 0 radical (unpaired) electrons. The highest BCUT2D eigenvalue weighted by atomic mass is 79.9. The summed E-state index contributed by atoms with van der Waals surface area (Å²) in [7, 11) is 1.32. The zero-order chi connectivity index (χ0) is 18.5. The van der Waals surface area contributed by atoms with E-state index < -0.39 is 12.0 Å². The molecule has 4 nitrogen and oxygen atoms in total. The highest BCUT2D eigenvalue weighted by Crippen LogP contribution is 2.20. The van der Waals surface area contributed by atoms with E-state index in [4.69, 9.17) is 4.74 Å². The number of fused-ring (bicyclic) bond motifs is 1. The van der Waals surface area contributed by atoms with Crippen LogP contribution in [-0.2, 0) is 16.0 Å². The Labute approximate surface area is 160 Å². The molecule has 0 spiro atoms. The lowest BCUT2D eigenvalue weighted by Crippen LogP contribution is -2.43. The molecule has 132 valence electrons. The summed E-state index contributed by atoms with van der Waals surface area (Å²) in [6, 6.07) is 20.0. The zero-order valence-corrected chi connectivity index (χ0v) is 15.8. The highest BCUT2D eigenvalue weighted by Gasteiger charge is 2.24. The lowest BCUT2D eigenvalue weighted by Gasteiger charge is -2.18. The van der Waals surface area contributed by atoms with E-state index in [1.807, 2.05) is 60.7 Å². The second kappa shape index (κ2) is 8.15. The van der Waals surface area contributed by atoms with E-state index in [9.17, 15) is 9.59 Å². The number of amides is 1. The van der Waals surface area contributed by atoms with Crippen molar-refractivity contribution >= 4 is 38.6 Å². The van der Waals surface area contributed by atoms with Crippen molar-refractivity contribution in [2.75, 3.05) is 7.11 Å². The van der Waals surface area contributed by atoms with E-state index in [1.54, 1.807) is 6.07 Å². The van der Waals surface area contributed by atoms with Gasteiger partial charge in [-0.1, -0.05) is 70.5 Å². The number of benzene rings is 3. The highest BCUT2D eigenvalue weighted by molar-refractivity contribution is 9.10. The molecule has 0 saturated heterocycles. The second-order valence-electron chi connectivity index (χ2n) is 5.87. The van der Waals surface area contributed by atoms with Crippen molar-refractivity contribution in [1.82, 2.24) is 5.32 Å². The van der Waals surface area contributed by atoms with Gasteiger partial charge in [-0.15, -0.1) is 0 Å². The van der Waals surface area contributed by atoms with Crippen LogP contribution in [0.1, 0.15) is 15.9 Å². The normalized spacial score (nSPS) is 11.8. The smallest absolute Gasteiger partial charge is 0.328 e. The van der Waals surface area contributed by atoms with Crippen LogP contribution in [0.2, 0.25) is 0 Å². The minimum atomic E-state index is -0.773. The van der Waals surface area contributed by atoms with E-state index in [1.165, 1.54) is 7.11 Å². The summed E-state index contributed by atoms with van der Waals surface area (Å²) >= 11 is 3.47. The molecule has 3 aromatic carbocycles. The molecule has 3 rings (SSSR count). The Morgan fingerprint density at radius 1 is 1.00 bits per heavy atom. The third kappa shape index (κ3) is 3.94. The number of hydrogen-bond acceptors (Lipinski definition) is 3. The van der Waals surface area contributed by atoms with Crippen LogP contribution in [0.25, 0.3) is 10.8 Å². The van der Waals surface area contributed by atoms with E-state index in [0.29, 0.717) is 12.0 Å². The number of methoxy groups -OCH3 is 1. The molecule has 0 aliphatic carbocycles. The molecule has 0 aromatic heterocycles. The zero-order valence-electron chi connectivity index (χ0n) is 14.2. The second-order valence-corrected chi connectivity index (χ2v) is 6.73. The molecule has 5 heteroatoms. The fourth-order valence-electron chi connectivity index (χ4n) is 2.88. The average molecular weight is 412 g/mol. The topological polar surface area (TPSA) is 55.4 Å². The molecule has 0 aliphatic heterocycles. The van der Waals surface area contributed by atoms with Gasteiger partial charge in [-0.05, 0) is 28.5 Å². The summed E-state index contributed by atoms with van der Waals surface area (Å²) in [6.45, 7) is 0. The average Bonchev–Trinajstić information content (AvgIpc) is 2.67. The Balaban J connectivity index is 1.88. The maximum atomic E-state index is 12.8. The van der Waals surface area contributed by atoms with Gasteiger partial charge in [-0.25, -0.2) is 4.79 Å². The third-order valence-electron chi connectivity index (χ3n) is 4.21. The third-order valence-corrected chi connectivity index (χ3v) is 4.98. The SMILES string of the molecule is COC(=O)[C@@H](Cc1ccccc1Br)NC(=O)c1cccc2ccccc12. The number of carbonyl (C=O) groups excluding carboxylic acids is 2. The monoisotopic (exact) mass is 411 g/mol. The lowest BCUT2D eigenvalue weighted by atomic mass is 10.0. The van der Waals surface area contributed by atoms with Gasteiger partial charge in [0, 0.05) is 16.5 Å². The van der Waals surface area contributed by atoms with Gasteiger partial charge >= 0.3 is 5.97 Å². The van der Waals surface area contributed by atoms with Gasteiger partial charge in [0.15, 0.2) is 0 Å². The van der Waals surface area contributed by atoms with Gasteiger partial charge < -0.3 is 10.1 Å². The lowest BCUT2D eigenvalue weighted by molar-refractivity contribution is -0.142. The summed E-state index contributed by atoms with van der Waals surface area (Å²) in [5.41, 5.74) is 1.45. The van der Waals surface area contributed by atoms with Crippen molar-refractivity contribution in [3.8, 4) is 0 Å². The number of ether oxygens (including phenoxy) is 1. The molecule has 3 aromatic rings. The van der Waals surface area contributed by atoms with Crippen LogP contribution in [0.5, 0.6) is 0 Å². The minimum Gasteiger partial charge on any atom is -0.467 e. The van der Waals surface area contributed by atoms with Crippen LogP contribution in [0, 0.1) is 0 Å². The molecule has 1 atom stereocenters. The van der Waals surface area contributed by atoms with Gasteiger partial charge in [-0.2, -0.15) is 0 Å². The number of hydrogen-bond donors (Lipinski definition) is 1. The number of nitrogens with one attached hydrogen (secondary N) is 1. The number of esters is 1. The van der Waals surface area contributed by atoms with Crippen molar-refractivity contribution in [1.29, 1.82) is 0 Å². The van der Waals surface area contributed by atoms with Crippen LogP contribution in [-0.4, -0.2) is 25.0 Å². The Kier molecular flexibility index (Phi) is 5.68. The van der Waals surface area contributed by atoms with Crippen molar-refractivity contribution in [3.05, 3.63) is 82.3 Å². The van der Waals surface area contributed by atoms with Crippen LogP contribution in [0.4, 0.5) is 0 Å². The van der Waals surface area contributed by atoms with Gasteiger partial charge in [0.25, 0.3) is 5.91 Å². The first-order chi connectivity index (χ1) is 12.6.